The first kappa shape index (κ1) is 27.4. The van der Waals surface area contributed by atoms with Gasteiger partial charge in [0.1, 0.15) is 11.4 Å². The third kappa shape index (κ3) is 9.95. The molecular formula is C26H34N2O5S. The highest BCUT2D eigenvalue weighted by molar-refractivity contribution is 8.14. The molecule has 0 spiro atoms. The number of aryl methyl sites for hydroxylation is 1. The Bertz CT molecular complexity index is 942. The third-order valence-corrected chi connectivity index (χ3v) is 6.02. The molecule has 1 amide bonds. The quantitative estimate of drug-likeness (QED) is 0.447. The van der Waals surface area contributed by atoms with Crippen molar-refractivity contribution < 1.29 is 23.9 Å². The average Bonchev–Trinajstić information content (AvgIpc) is 2.75. The summed E-state index contributed by atoms with van der Waals surface area (Å²) in [6.45, 7) is 8.90. The van der Waals surface area contributed by atoms with Crippen molar-refractivity contribution in [3.05, 3.63) is 59.8 Å². The fourth-order valence-electron chi connectivity index (χ4n) is 3.41. The second kappa shape index (κ2) is 13.1. The Kier molecular flexibility index (Phi) is 10.6. The van der Waals surface area contributed by atoms with Crippen LogP contribution in [0.2, 0.25) is 0 Å². The fraction of sp³-hybridized carbons (Fsp3) is 0.462. The van der Waals surface area contributed by atoms with Gasteiger partial charge in [-0.3, -0.25) is 14.9 Å². The molecule has 1 aromatic heterocycles. The number of pyridine rings is 1. The highest BCUT2D eigenvalue weighted by Crippen LogP contribution is 2.29. The van der Waals surface area contributed by atoms with Crippen LogP contribution in [0.25, 0.3) is 0 Å². The highest BCUT2D eigenvalue weighted by atomic mass is 32.2. The van der Waals surface area contributed by atoms with E-state index in [1.807, 2.05) is 30.3 Å². The lowest BCUT2D eigenvalue weighted by Crippen LogP contribution is -2.31. The molecule has 0 saturated heterocycles. The molecule has 8 heteroatoms. The molecule has 0 bridgehead atoms. The number of hydrogen-bond donors (Lipinski definition) is 1. The van der Waals surface area contributed by atoms with Crippen LogP contribution in [0.3, 0.4) is 0 Å². The van der Waals surface area contributed by atoms with Gasteiger partial charge in [-0.05, 0) is 64.2 Å². The van der Waals surface area contributed by atoms with E-state index in [2.05, 4.69) is 10.3 Å². The molecule has 1 aromatic carbocycles. The largest absolute Gasteiger partial charge is 0.466 e. The normalized spacial score (nSPS) is 13.0. The number of ether oxygens (including phenoxy) is 2. The van der Waals surface area contributed by atoms with Gasteiger partial charge in [-0.2, -0.15) is 0 Å². The first-order valence-electron chi connectivity index (χ1n) is 11.4. The molecule has 7 nitrogen and oxygen atoms in total. The number of esters is 1. The molecule has 34 heavy (non-hydrogen) atoms. The van der Waals surface area contributed by atoms with E-state index in [0.717, 1.165) is 17.5 Å². The van der Waals surface area contributed by atoms with Crippen LogP contribution in [-0.4, -0.2) is 39.6 Å². The zero-order valence-corrected chi connectivity index (χ0v) is 21.3. The number of carbonyl (C=O) groups is 3. The summed E-state index contributed by atoms with van der Waals surface area (Å²) in [6, 6.07) is 13.5. The fourth-order valence-corrected chi connectivity index (χ4v) is 4.44. The van der Waals surface area contributed by atoms with Gasteiger partial charge >= 0.3 is 12.1 Å². The van der Waals surface area contributed by atoms with Crippen LogP contribution in [0.4, 0.5) is 10.6 Å². The van der Waals surface area contributed by atoms with Gasteiger partial charge in [0.15, 0.2) is 5.12 Å². The van der Waals surface area contributed by atoms with E-state index in [0.29, 0.717) is 18.7 Å². The van der Waals surface area contributed by atoms with Gasteiger partial charge in [0, 0.05) is 18.4 Å². The van der Waals surface area contributed by atoms with E-state index in [9.17, 15) is 14.4 Å². The number of benzene rings is 1. The Hall–Kier alpha value is -2.87. The maximum Gasteiger partial charge on any atom is 0.413 e. The minimum absolute atomic E-state index is 0.0395. The maximum atomic E-state index is 12.9. The zero-order valence-electron chi connectivity index (χ0n) is 20.5. The standard InChI is InChI=1S/C26H34N2O5S/c1-6-32-24(30)21(22(34-18(2)29)14-12-19-10-8-7-9-11-19)16-20-13-15-23(27-17-20)28-25(31)33-26(3,4)5/h7-11,13,15,17,21-22H,6,12,14,16H2,1-5H3,(H,27,28,31). The smallest absolute Gasteiger partial charge is 0.413 e. The van der Waals surface area contributed by atoms with Gasteiger partial charge in [-0.25, -0.2) is 9.78 Å². The molecular weight excluding hydrogens is 452 g/mol. The number of thioether (sulfide) groups is 1. The molecule has 2 atom stereocenters. The van der Waals surface area contributed by atoms with Gasteiger partial charge in [-0.15, -0.1) is 0 Å². The van der Waals surface area contributed by atoms with Gasteiger partial charge in [0.05, 0.1) is 12.5 Å². The van der Waals surface area contributed by atoms with Crippen molar-refractivity contribution in [1.29, 1.82) is 0 Å². The van der Waals surface area contributed by atoms with Crippen molar-refractivity contribution in [2.24, 2.45) is 5.92 Å². The van der Waals surface area contributed by atoms with Crippen LogP contribution in [0, 0.1) is 5.92 Å². The first-order chi connectivity index (χ1) is 16.1. The minimum Gasteiger partial charge on any atom is -0.466 e. The van der Waals surface area contributed by atoms with Crippen LogP contribution in [-0.2, 0) is 31.9 Å². The Balaban J connectivity index is 2.15. The third-order valence-electron chi connectivity index (χ3n) is 4.83. The van der Waals surface area contributed by atoms with Crippen LogP contribution in [0.15, 0.2) is 48.7 Å². The molecule has 184 valence electrons. The zero-order chi connectivity index (χ0) is 25.1. The summed E-state index contributed by atoms with van der Waals surface area (Å²) in [5, 5.41) is 2.32. The van der Waals surface area contributed by atoms with Crippen molar-refractivity contribution in [3.63, 3.8) is 0 Å². The van der Waals surface area contributed by atoms with E-state index < -0.39 is 17.6 Å². The monoisotopic (exact) mass is 486 g/mol. The van der Waals surface area contributed by atoms with Gasteiger partial charge in [0.2, 0.25) is 0 Å². The van der Waals surface area contributed by atoms with Crippen molar-refractivity contribution >= 4 is 34.8 Å². The Morgan fingerprint density at radius 2 is 1.76 bits per heavy atom. The summed E-state index contributed by atoms with van der Waals surface area (Å²) in [5.41, 5.74) is 1.35. The van der Waals surface area contributed by atoms with Crippen LogP contribution in [0.5, 0.6) is 0 Å². The number of carbonyl (C=O) groups excluding carboxylic acids is 3. The summed E-state index contributed by atoms with van der Waals surface area (Å²) in [7, 11) is 0. The Morgan fingerprint density at radius 3 is 2.32 bits per heavy atom. The van der Waals surface area contributed by atoms with E-state index in [-0.39, 0.29) is 22.9 Å². The summed E-state index contributed by atoms with van der Waals surface area (Å²) in [5.74, 6) is -0.487. The number of anilines is 1. The van der Waals surface area contributed by atoms with Gasteiger partial charge in [0.25, 0.3) is 0 Å². The Labute approximate surface area is 206 Å². The number of hydrogen-bond acceptors (Lipinski definition) is 7. The van der Waals surface area contributed by atoms with Crippen molar-refractivity contribution in [3.8, 4) is 0 Å². The van der Waals surface area contributed by atoms with Gasteiger partial charge < -0.3 is 9.47 Å². The molecule has 0 radical (unpaired) electrons. The lowest BCUT2D eigenvalue weighted by Gasteiger charge is -2.24. The lowest BCUT2D eigenvalue weighted by atomic mass is 9.93. The molecule has 1 heterocycles. The molecule has 0 aliphatic rings. The van der Waals surface area contributed by atoms with E-state index >= 15 is 0 Å². The predicted octanol–water partition coefficient (Wildman–Crippen LogP) is 5.43. The maximum absolute atomic E-state index is 12.9. The van der Waals surface area contributed by atoms with Crippen LogP contribution in [0.1, 0.15) is 52.2 Å². The molecule has 0 saturated carbocycles. The van der Waals surface area contributed by atoms with Gasteiger partial charge in [-0.1, -0.05) is 48.2 Å². The second-order valence-corrected chi connectivity index (χ2v) is 10.3. The number of amides is 1. The number of nitrogens with one attached hydrogen (secondary N) is 1. The van der Waals surface area contributed by atoms with E-state index in [1.54, 1.807) is 46.0 Å². The van der Waals surface area contributed by atoms with Crippen molar-refractivity contribution in [1.82, 2.24) is 4.98 Å². The first-order valence-corrected chi connectivity index (χ1v) is 12.3. The predicted molar refractivity (Wildman–Crippen MR) is 135 cm³/mol. The number of nitrogens with zero attached hydrogens (tertiary/aromatic N) is 1. The molecule has 2 rings (SSSR count). The number of rotatable bonds is 10. The summed E-state index contributed by atoms with van der Waals surface area (Å²) >= 11 is 1.18. The van der Waals surface area contributed by atoms with Crippen molar-refractivity contribution in [2.45, 2.75) is 64.7 Å². The Morgan fingerprint density at radius 1 is 1.06 bits per heavy atom. The highest BCUT2D eigenvalue weighted by Gasteiger charge is 2.31. The minimum atomic E-state index is -0.611. The van der Waals surface area contributed by atoms with Crippen LogP contribution >= 0.6 is 11.8 Å². The molecule has 2 unspecified atom stereocenters. The second-order valence-electron chi connectivity index (χ2n) is 8.91. The number of aromatic nitrogens is 1. The van der Waals surface area contributed by atoms with Crippen molar-refractivity contribution in [2.75, 3.05) is 11.9 Å². The topological polar surface area (TPSA) is 94.6 Å². The van der Waals surface area contributed by atoms with E-state index in [1.165, 1.54) is 18.7 Å². The molecule has 0 fully saturated rings. The molecule has 0 aliphatic heterocycles. The molecule has 0 aliphatic carbocycles. The van der Waals surface area contributed by atoms with Crippen LogP contribution < -0.4 is 5.32 Å². The summed E-state index contributed by atoms with van der Waals surface area (Å²) in [6.07, 6.45) is 2.81. The molecule has 2 aromatic rings. The summed E-state index contributed by atoms with van der Waals surface area (Å²) < 4.78 is 10.6. The lowest BCUT2D eigenvalue weighted by molar-refractivity contribution is -0.148. The average molecular weight is 487 g/mol. The molecule has 1 N–H and O–H groups in total. The van der Waals surface area contributed by atoms with E-state index in [4.69, 9.17) is 9.47 Å². The SMILES string of the molecule is CCOC(=O)C(Cc1ccc(NC(=O)OC(C)(C)C)nc1)C(CCc1ccccc1)SC(C)=O. The summed E-state index contributed by atoms with van der Waals surface area (Å²) in [4.78, 5) is 41.1.